The number of carbonyl (C=O) groups is 4. The van der Waals surface area contributed by atoms with Crippen molar-refractivity contribution in [2.24, 2.45) is 11.8 Å². The summed E-state index contributed by atoms with van der Waals surface area (Å²) in [5, 5.41) is 0. The normalized spacial score (nSPS) is 24.8. The number of hydrogen-bond acceptors (Lipinski definition) is 8. The van der Waals surface area contributed by atoms with E-state index >= 15 is 0 Å². The number of nitrogens with zero attached hydrogens (tertiary/aromatic N) is 2. The molecule has 36 heavy (non-hydrogen) atoms. The zero-order valence-electron chi connectivity index (χ0n) is 21.5. The standard InChI is InChI=1S/C26H36N2O4S4/c1-25(2,27-21(29)15-19-17(23(27)31)5-9-35-19)7-11-33-13-14-34-12-8-26(3,4)28-22(30)16-20-18(24(28)32)6-10-36-20/h15-18H,5-14H2,1-4H3. The van der Waals surface area contributed by atoms with E-state index in [0.29, 0.717) is 0 Å². The molecule has 6 nitrogen and oxygen atoms in total. The molecular formula is C26H36N2O4S4. The molecule has 198 valence electrons. The molecule has 10 heteroatoms. The summed E-state index contributed by atoms with van der Waals surface area (Å²) in [5.74, 6) is 4.94. The number of thioether (sulfide) groups is 4. The van der Waals surface area contributed by atoms with E-state index in [2.05, 4.69) is 0 Å². The van der Waals surface area contributed by atoms with Gasteiger partial charge in [0.25, 0.3) is 11.8 Å². The van der Waals surface area contributed by atoms with E-state index in [1.807, 2.05) is 51.2 Å². The van der Waals surface area contributed by atoms with Crippen molar-refractivity contribution in [1.29, 1.82) is 0 Å². The van der Waals surface area contributed by atoms with E-state index in [9.17, 15) is 19.2 Å². The van der Waals surface area contributed by atoms with Crippen LogP contribution in [0.5, 0.6) is 0 Å². The van der Waals surface area contributed by atoms with Crippen molar-refractivity contribution in [2.45, 2.75) is 64.5 Å². The molecule has 4 aliphatic rings. The average Bonchev–Trinajstić information content (AvgIpc) is 3.44. The monoisotopic (exact) mass is 568 g/mol. The Kier molecular flexibility index (Phi) is 9.00. The Morgan fingerprint density at radius 2 is 1.11 bits per heavy atom. The fourth-order valence-electron chi connectivity index (χ4n) is 5.13. The van der Waals surface area contributed by atoms with Gasteiger partial charge in [-0.1, -0.05) is 0 Å². The van der Waals surface area contributed by atoms with Crippen LogP contribution in [0.25, 0.3) is 0 Å². The van der Waals surface area contributed by atoms with Crippen LogP contribution in [0, 0.1) is 11.8 Å². The molecule has 0 spiro atoms. The van der Waals surface area contributed by atoms with E-state index in [1.165, 1.54) is 9.80 Å². The second-order valence-electron chi connectivity index (χ2n) is 10.8. The number of imide groups is 2. The third-order valence-corrected chi connectivity index (χ3v) is 11.9. The number of carbonyl (C=O) groups excluding carboxylic acids is 4. The first kappa shape index (κ1) is 28.2. The maximum atomic E-state index is 13.0. The van der Waals surface area contributed by atoms with Crippen molar-refractivity contribution in [3.63, 3.8) is 0 Å². The van der Waals surface area contributed by atoms with Gasteiger partial charge in [-0.05, 0) is 76.4 Å². The van der Waals surface area contributed by atoms with Crippen LogP contribution in [0.2, 0.25) is 0 Å². The predicted octanol–water partition coefficient (Wildman–Crippen LogP) is 4.80. The Bertz CT molecular complexity index is 912. The molecule has 0 aromatic carbocycles. The smallest absolute Gasteiger partial charge is 0.254 e. The minimum absolute atomic E-state index is 0.0280. The molecule has 0 saturated carbocycles. The van der Waals surface area contributed by atoms with E-state index in [0.717, 1.165) is 70.0 Å². The van der Waals surface area contributed by atoms with Crippen molar-refractivity contribution < 1.29 is 19.2 Å². The fraction of sp³-hybridized carbons (Fsp3) is 0.692. The van der Waals surface area contributed by atoms with Gasteiger partial charge in [-0.3, -0.25) is 29.0 Å². The highest BCUT2D eigenvalue weighted by Crippen LogP contribution is 2.43. The molecular weight excluding hydrogens is 533 g/mol. The Labute approximate surface area is 231 Å². The van der Waals surface area contributed by atoms with Crippen LogP contribution >= 0.6 is 47.0 Å². The summed E-state index contributed by atoms with van der Waals surface area (Å²) in [5.41, 5.74) is -0.986. The number of amides is 4. The molecule has 4 heterocycles. The van der Waals surface area contributed by atoms with Crippen molar-refractivity contribution in [1.82, 2.24) is 9.80 Å². The first-order valence-corrected chi connectivity index (χ1v) is 16.9. The Balaban J connectivity index is 1.15. The van der Waals surface area contributed by atoms with E-state index in [4.69, 9.17) is 0 Å². The van der Waals surface area contributed by atoms with Crippen LogP contribution in [-0.4, -0.2) is 79.0 Å². The fourth-order valence-corrected chi connectivity index (χ4v) is 10.2. The summed E-state index contributed by atoms with van der Waals surface area (Å²) < 4.78 is 0. The molecule has 4 rings (SSSR count). The topological polar surface area (TPSA) is 74.8 Å². The van der Waals surface area contributed by atoms with Gasteiger partial charge < -0.3 is 0 Å². The van der Waals surface area contributed by atoms with Crippen LogP contribution < -0.4 is 0 Å². The highest BCUT2D eigenvalue weighted by atomic mass is 32.2. The molecule has 4 aliphatic heterocycles. The largest absolute Gasteiger partial charge is 0.274 e. The van der Waals surface area contributed by atoms with Crippen LogP contribution in [0.1, 0.15) is 53.4 Å². The van der Waals surface area contributed by atoms with Crippen LogP contribution in [0.3, 0.4) is 0 Å². The number of hydrogen-bond donors (Lipinski definition) is 0. The number of fused-ring (bicyclic) bond motifs is 2. The van der Waals surface area contributed by atoms with Gasteiger partial charge >= 0.3 is 0 Å². The minimum atomic E-state index is -0.493. The summed E-state index contributed by atoms with van der Waals surface area (Å²) in [7, 11) is 0. The first-order chi connectivity index (χ1) is 17.0. The molecule has 4 amide bonds. The summed E-state index contributed by atoms with van der Waals surface area (Å²) >= 11 is 6.96. The zero-order valence-corrected chi connectivity index (χ0v) is 24.8. The van der Waals surface area contributed by atoms with Crippen molar-refractivity contribution in [3.05, 3.63) is 22.0 Å². The maximum Gasteiger partial charge on any atom is 0.254 e. The lowest BCUT2D eigenvalue weighted by Gasteiger charge is -2.40. The molecule has 2 unspecified atom stereocenters. The SMILES string of the molecule is CC(C)(CCSCCSCCC(C)(C)N1C(=O)C=C2SCCC2C1=O)N1C(=O)C=C2SCCC2C1=O. The maximum absolute atomic E-state index is 13.0. The second-order valence-corrected chi connectivity index (χ2v) is 15.6. The highest BCUT2D eigenvalue weighted by Gasteiger charge is 2.45. The summed E-state index contributed by atoms with van der Waals surface area (Å²) in [6.45, 7) is 7.97. The van der Waals surface area contributed by atoms with Gasteiger partial charge in [0.1, 0.15) is 0 Å². The molecule has 2 fully saturated rings. The molecule has 0 aromatic heterocycles. The Hall–Kier alpha value is -0.840. The van der Waals surface area contributed by atoms with Crippen LogP contribution in [0.15, 0.2) is 22.0 Å². The quantitative estimate of drug-likeness (QED) is 0.260. The molecule has 0 N–H and O–H groups in total. The van der Waals surface area contributed by atoms with Gasteiger partial charge in [0.15, 0.2) is 0 Å². The second kappa shape index (κ2) is 11.5. The lowest BCUT2D eigenvalue weighted by atomic mass is 9.92. The number of rotatable bonds is 11. The summed E-state index contributed by atoms with van der Waals surface area (Å²) in [6, 6.07) is 0. The molecule has 0 aromatic rings. The van der Waals surface area contributed by atoms with Gasteiger partial charge in [0.2, 0.25) is 11.8 Å². The highest BCUT2D eigenvalue weighted by molar-refractivity contribution is 8.03. The van der Waals surface area contributed by atoms with E-state index in [-0.39, 0.29) is 35.5 Å². The van der Waals surface area contributed by atoms with E-state index in [1.54, 1.807) is 35.7 Å². The molecule has 0 radical (unpaired) electrons. The Morgan fingerprint density at radius 3 is 1.50 bits per heavy atom. The average molecular weight is 569 g/mol. The van der Waals surface area contributed by atoms with Gasteiger partial charge in [-0.25, -0.2) is 0 Å². The third-order valence-electron chi connectivity index (χ3n) is 7.35. The van der Waals surface area contributed by atoms with Crippen molar-refractivity contribution in [2.75, 3.05) is 34.5 Å². The molecule has 2 saturated heterocycles. The van der Waals surface area contributed by atoms with Gasteiger partial charge in [-0.2, -0.15) is 23.5 Å². The van der Waals surface area contributed by atoms with Gasteiger partial charge in [0, 0.05) is 44.5 Å². The van der Waals surface area contributed by atoms with Crippen molar-refractivity contribution in [3.8, 4) is 0 Å². The van der Waals surface area contributed by atoms with Crippen LogP contribution in [0.4, 0.5) is 0 Å². The lowest BCUT2D eigenvalue weighted by molar-refractivity contribution is -0.153. The first-order valence-electron chi connectivity index (χ1n) is 12.6. The van der Waals surface area contributed by atoms with Gasteiger partial charge in [0.05, 0.1) is 11.8 Å². The lowest BCUT2D eigenvalue weighted by Crippen LogP contribution is -2.54. The molecule has 0 bridgehead atoms. The zero-order chi connectivity index (χ0) is 26.1. The van der Waals surface area contributed by atoms with Crippen molar-refractivity contribution >= 4 is 70.7 Å². The molecule has 2 atom stereocenters. The minimum Gasteiger partial charge on any atom is -0.274 e. The summed E-state index contributed by atoms with van der Waals surface area (Å²) in [4.78, 5) is 56.1. The third kappa shape index (κ3) is 5.91. The summed E-state index contributed by atoms with van der Waals surface area (Å²) in [6.07, 6.45) is 6.53. The molecule has 0 aliphatic carbocycles. The van der Waals surface area contributed by atoms with E-state index < -0.39 is 11.1 Å². The van der Waals surface area contributed by atoms with Crippen LogP contribution in [-0.2, 0) is 19.2 Å². The van der Waals surface area contributed by atoms with Gasteiger partial charge in [-0.15, -0.1) is 23.5 Å². The Morgan fingerprint density at radius 1 is 0.722 bits per heavy atom. The predicted molar refractivity (Wildman–Crippen MR) is 153 cm³/mol.